The molecule has 2 fully saturated rings. The van der Waals surface area contributed by atoms with Gasteiger partial charge in [0.2, 0.25) is 5.91 Å². The first kappa shape index (κ1) is 13.4. The maximum atomic E-state index is 11.7. The van der Waals surface area contributed by atoms with Crippen molar-refractivity contribution in [3.05, 3.63) is 0 Å². The fourth-order valence-corrected chi connectivity index (χ4v) is 3.17. The lowest BCUT2D eigenvalue weighted by Crippen LogP contribution is -2.39. The van der Waals surface area contributed by atoms with Crippen LogP contribution in [0.4, 0.5) is 0 Å². The molecule has 1 aliphatic carbocycles. The van der Waals surface area contributed by atoms with Gasteiger partial charge in [-0.2, -0.15) is 0 Å². The van der Waals surface area contributed by atoms with Crippen LogP contribution in [-0.2, 0) is 14.3 Å². The van der Waals surface area contributed by atoms with Crippen molar-refractivity contribution in [3.63, 3.8) is 0 Å². The van der Waals surface area contributed by atoms with Crippen molar-refractivity contribution in [2.45, 2.75) is 57.9 Å². The number of likely N-dealkylation sites (tertiary alicyclic amines) is 1. The third-order valence-electron chi connectivity index (χ3n) is 4.13. The number of hydrogen-bond donors (Lipinski definition) is 0. The lowest BCUT2D eigenvalue weighted by Gasteiger charge is -2.34. The number of carbonyl (C=O) groups excluding carboxylic acids is 2. The van der Waals surface area contributed by atoms with E-state index in [1.54, 1.807) is 0 Å². The molecule has 0 atom stereocenters. The largest absolute Gasteiger partial charge is 0.466 e. The van der Waals surface area contributed by atoms with Crippen LogP contribution in [0.2, 0.25) is 0 Å². The van der Waals surface area contributed by atoms with E-state index in [9.17, 15) is 9.59 Å². The Morgan fingerprint density at radius 2 is 2.06 bits per heavy atom. The first-order valence-corrected chi connectivity index (χ1v) is 7.15. The van der Waals surface area contributed by atoms with Gasteiger partial charge in [0.25, 0.3) is 0 Å². The van der Waals surface area contributed by atoms with E-state index < -0.39 is 0 Å². The fraction of sp³-hybridized carbons (Fsp3) is 0.857. The van der Waals surface area contributed by atoms with E-state index in [4.69, 9.17) is 4.74 Å². The molecule has 1 aliphatic heterocycles. The number of amides is 1. The molecular formula is C14H23NO3. The summed E-state index contributed by atoms with van der Waals surface area (Å²) < 4.78 is 4.98. The summed E-state index contributed by atoms with van der Waals surface area (Å²) >= 11 is 0. The first-order chi connectivity index (χ1) is 8.70. The van der Waals surface area contributed by atoms with Crippen LogP contribution in [0.5, 0.6) is 0 Å². The van der Waals surface area contributed by atoms with Crippen molar-refractivity contribution < 1.29 is 14.3 Å². The summed E-state index contributed by atoms with van der Waals surface area (Å²) in [5.41, 5.74) is 0. The minimum atomic E-state index is -0.0711. The molecule has 2 aliphatic rings. The molecule has 102 valence electrons. The number of nitrogens with zero attached hydrogens (tertiary/aromatic N) is 1. The Labute approximate surface area is 109 Å². The van der Waals surface area contributed by atoms with Crippen LogP contribution in [0.25, 0.3) is 0 Å². The summed E-state index contributed by atoms with van der Waals surface area (Å²) in [6.07, 6.45) is 6.49. The van der Waals surface area contributed by atoms with E-state index in [2.05, 4.69) is 4.90 Å². The van der Waals surface area contributed by atoms with E-state index in [0.29, 0.717) is 30.9 Å². The average molecular weight is 253 g/mol. The van der Waals surface area contributed by atoms with Crippen molar-refractivity contribution in [3.8, 4) is 0 Å². The Hall–Kier alpha value is -1.06. The van der Waals surface area contributed by atoms with Gasteiger partial charge in [-0.25, -0.2) is 0 Å². The summed E-state index contributed by atoms with van der Waals surface area (Å²) in [5, 5.41) is 0. The van der Waals surface area contributed by atoms with Gasteiger partial charge in [0.05, 0.1) is 6.61 Å². The van der Waals surface area contributed by atoms with E-state index in [1.807, 2.05) is 6.92 Å². The molecule has 18 heavy (non-hydrogen) atoms. The van der Waals surface area contributed by atoms with Gasteiger partial charge in [-0.3, -0.25) is 9.59 Å². The topological polar surface area (TPSA) is 46.6 Å². The van der Waals surface area contributed by atoms with Crippen molar-refractivity contribution in [2.24, 2.45) is 5.92 Å². The highest BCUT2D eigenvalue weighted by Crippen LogP contribution is 2.31. The highest BCUT2D eigenvalue weighted by molar-refractivity contribution is 5.78. The lowest BCUT2D eigenvalue weighted by molar-refractivity contribution is -0.144. The molecular weight excluding hydrogens is 230 g/mol. The van der Waals surface area contributed by atoms with Crippen LogP contribution >= 0.6 is 0 Å². The molecule has 0 N–H and O–H groups in total. The van der Waals surface area contributed by atoms with Gasteiger partial charge in [-0.15, -0.1) is 0 Å². The van der Waals surface area contributed by atoms with Gasteiger partial charge in [0.1, 0.15) is 0 Å². The Bertz CT molecular complexity index is 308. The Morgan fingerprint density at radius 1 is 1.33 bits per heavy atom. The summed E-state index contributed by atoms with van der Waals surface area (Å²) in [6.45, 7) is 3.25. The molecule has 4 nitrogen and oxygen atoms in total. The summed E-state index contributed by atoms with van der Waals surface area (Å²) in [6, 6.07) is 0.429. The third kappa shape index (κ3) is 3.24. The number of rotatable bonds is 4. The normalized spacial score (nSPS) is 28.5. The summed E-state index contributed by atoms with van der Waals surface area (Å²) in [7, 11) is 0. The van der Waals surface area contributed by atoms with Crippen molar-refractivity contribution in [1.82, 2.24) is 4.90 Å². The van der Waals surface area contributed by atoms with Crippen LogP contribution in [0.15, 0.2) is 0 Å². The molecule has 0 radical (unpaired) electrons. The molecule has 1 saturated heterocycles. The Kier molecular flexibility index (Phi) is 4.61. The van der Waals surface area contributed by atoms with Crippen LogP contribution in [0, 0.1) is 5.92 Å². The third-order valence-corrected chi connectivity index (χ3v) is 4.13. The van der Waals surface area contributed by atoms with E-state index >= 15 is 0 Å². The minimum absolute atomic E-state index is 0.0711. The van der Waals surface area contributed by atoms with Gasteiger partial charge < -0.3 is 9.64 Å². The zero-order valence-corrected chi connectivity index (χ0v) is 11.2. The van der Waals surface area contributed by atoms with Crippen molar-refractivity contribution in [2.75, 3.05) is 13.2 Å². The fourth-order valence-electron chi connectivity index (χ4n) is 3.17. The molecule has 4 heteroatoms. The number of esters is 1. The maximum Gasteiger partial charge on any atom is 0.306 e. The number of carbonyl (C=O) groups is 2. The van der Waals surface area contributed by atoms with Gasteiger partial charge in [-0.05, 0) is 44.9 Å². The monoisotopic (exact) mass is 253 g/mol. The second-order valence-electron chi connectivity index (χ2n) is 5.37. The molecule has 1 heterocycles. The molecule has 0 spiro atoms. The molecule has 1 amide bonds. The predicted octanol–water partition coefficient (Wildman–Crippen LogP) is 2.12. The number of hydrogen-bond acceptors (Lipinski definition) is 3. The highest BCUT2D eigenvalue weighted by Gasteiger charge is 2.31. The quantitative estimate of drug-likeness (QED) is 0.721. The molecule has 0 aromatic carbocycles. The van der Waals surface area contributed by atoms with Crippen LogP contribution in [-0.4, -0.2) is 36.0 Å². The molecule has 0 unspecified atom stereocenters. The first-order valence-electron chi connectivity index (χ1n) is 7.15. The molecule has 0 aromatic heterocycles. The summed E-state index contributed by atoms with van der Waals surface area (Å²) in [4.78, 5) is 25.1. The molecule has 1 saturated carbocycles. The van der Waals surface area contributed by atoms with E-state index in [1.165, 1.54) is 0 Å². The maximum absolute atomic E-state index is 11.7. The van der Waals surface area contributed by atoms with E-state index in [-0.39, 0.29) is 5.97 Å². The average Bonchev–Trinajstić information content (AvgIpc) is 2.77. The molecule has 0 aromatic rings. The molecule has 0 bridgehead atoms. The van der Waals surface area contributed by atoms with Crippen LogP contribution in [0.1, 0.15) is 51.9 Å². The van der Waals surface area contributed by atoms with Gasteiger partial charge in [0.15, 0.2) is 0 Å². The van der Waals surface area contributed by atoms with Gasteiger partial charge >= 0.3 is 5.97 Å². The molecule has 2 rings (SSSR count). The SMILES string of the molecule is CCOC(=O)C[C@H]1CC[C@H](N2CCCC2=O)CC1. The van der Waals surface area contributed by atoms with E-state index in [0.717, 1.165) is 45.1 Å². The van der Waals surface area contributed by atoms with Crippen molar-refractivity contribution >= 4 is 11.9 Å². The van der Waals surface area contributed by atoms with Crippen LogP contribution < -0.4 is 0 Å². The number of ether oxygens (including phenoxy) is 1. The Morgan fingerprint density at radius 3 is 2.61 bits per heavy atom. The standard InChI is InChI=1S/C14H23NO3/c1-2-18-14(17)10-11-5-7-12(8-6-11)15-9-3-4-13(15)16/h11-12H,2-10H2,1H3/t11-,12-. The minimum Gasteiger partial charge on any atom is -0.466 e. The van der Waals surface area contributed by atoms with Crippen LogP contribution in [0.3, 0.4) is 0 Å². The smallest absolute Gasteiger partial charge is 0.306 e. The second kappa shape index (κ2) is 6.21. The zero-order chi connectivity index (χ0) is 13.0. The second-order valence-corrected chi connectivity index (χ2v) is 5.37. The predicted molar refractivity (Wildman–Crippen MR) is 67.9 cm³/mol. The van der Waals surface area contributed by atoms with Gasteiger partial charge in [-0.1, -0.05) is 0 Å². The zero-order valence-electron chi connectivity index (χ0n) is 11.2. The van der Waals surface area contributed by atoms with Gasteiger partial charge in [0, 0.05) is 25.4 Å². The summed E-state index contributed by atoms with van der Waals surface area (Å²) in [5.74, 6) is 0.708. The highest BCUT2D eigenvalue weighted by atomic mass is 16.5. The lowest BCUT2D eigenvalue weighted by atomic mass is 9.83. The Balaban J connectivity index is 1.74. The van der Waals surface area contributed by atoms with Crippen molar-refractivity contribution in [1.29, 1.82) is 0 Å².